The standard InChI is InChI=1S/C12H14O4.C11H12O4/c1-9(13)10-3-5-11(6-4-10)12(14)16-8-7-15-2;1-8(12)9-3-5-10(6-4-9)11(13)15-7-14-2/h3-6H,7-8H2,1-2H3;3-6H,7H2,1-2H3. The zero-order chi connectivity index (χ0) is 23.2. The Morgan fingerprint density at radius 1 is 0.581 bits per heavy atom. The van der Waals surface area contributed by atoms with Crippen molar-refractivity contribution in [3.63, 3.8) is 0 Å². The number of ether oxygens (including phenoxy) is 4. The first-order valence-electron chi connectivity index (χ1n) is 9.34. The van der Waals surface area contributed by atoms with Gasteiger partial charge in [0.2, 0.25) is 0 Å². The van der Waals surface area contributed by atoms with E-state index in [0.717, 1.165) is 0 Å². The lowest BCUT2D eigenvalue weighted by molar-refractivity contribution is -0.0125. The highest BCUT2D eigenvalue weighted by Gasteiger charge is 2.08. The van der Waals surface area contributed by atoms with E-state index >= 15 is 0 Å². The lowest BCUT2D eigenvalue weighted by atomic mass is 10.1. The molecule has 0 heterocycles. The molecule has 0 amide bonds. The van der Waals surface area contributed by atoms with E-state index in [1.165, 1.54) is 28.1 Å². The van der Waals surface area contributed by atoms with Gasteiger partial charge in [0.1, 0.15) is 6.61 Å². The molecule has 0 atom stereocenters. The normalized spacial score (nSPS) is 9.81. The maximum atomic E-state index is 11.4. The molecule has 8 nitrogen and oxygen atoms in total. The highest BCUT2D eigenvalue weighted by molar-refractivity contribution is 5.96. The molecular weight excluding hydrogens is 404 g/mol. The molecule has 0 unspecified atom stereocenters. The molecule has 8 heteroatoms. The van der Waals surface area contributed by atoms with E-state index in [1.807, 2.05) is 0 Å². The lowest BCUT2D eigenvalue weighted by Crippen LogP contribution is -2.10. The molecule has 166 valence electrons. The lowest BCUT2D eigenvalue weighted by Gasteiger charge is -2.04. The molecule has 2 aromatic rings. The monoisotopic (exact) mass is 430 g/mol. The van der Waals surface area contributed by atoms with Gasteiger partial charge in [-0.25, -0.2) is 9.59 Å². The molecule has 0 aliphatic rings. The van der Waals surface area contributed by atoms with Gasteiger partial charge in [-0.1, -0.05) is 24.3 Å². The van der Waals surface area contributed by atoms with Gasteiger partial charge in [0, 0.05) is 25.3 Å². The van der Waals surface area contributed by atoms with Crippen LogP contribution >= 0.6 is 0 Å². The zero-order valence-corrected chi connectivity index (χ0v) is 18.0. The summed E-state index contributed by atoms with van der Waals surface area (Å²) >= 11 is 0. The van der Waals surface area contributed by atoms with Gasteiger partial charge in [0.25, 0.3) is 0 Å². The van der Waals surface area contributed by atoms with E-state index < -0.39 is 11.9 Å². The third kappa shape index (κ3) is 9.33. The van der Waals surface area contributed by atoms with E-state index in [-0.39, 0.29) is 25.0 Å². The Morgan fingerprint density at radius 3 is 1.32 bits per heavy atom. The molecule has 0 aliphatic carbocycles. The highest BCUT2D eigenvalue weighted by atomic mass is 16.7. The second-order valence-electron chi connectivity index (χ2n) is 6.23. The largest absolute Gasteiger partial charge is 0.460 e. The van der Waals surface area contributed by atoms with Crippen LogP contribution in [0, 0.1) is 0 Å². The number of rotatable bonds is 9. The SMILES string of the molecule is COCCOC(=O)c1ccc(C(C)=O)cc1.COCOC(=O)c1ccc(C(C)=O)cc1. The van der Waals surface area contributed by atoms with Crippen molar-refractivity contribution in [2.45, 2.75) is 13.8 Å². The summed E-state index contributed by atoms with van der Waals surface area (Å²) in [6.07, 6.45) is 0. The van der Waals surface area contributed by atoms with Crippen LogP contribution in [0.15, 0.2) is 48.5 Å². The van der Waals surface area contributed by atoms with Gasteiger partial charge < -0.3 is 18.9 Å². The van der Waals surface area contributed by atoms with Crippen molar-refractivity contribution in [1.82, 2.24) is 0 Å². The Hall–Kier alpha value is -3.36. The molecule has 0 spiro atoms. The summed E-state index contributed by atoms with van der Waals surface area (Å²) in [4.78, 5) is 44.7. The molecule has 0 radical (unpaired) electrons. The molecular formula is C23H26O8. The second kappa shape index (κ2) is 13.8. The number of esters is 2. The number of methoxy groups -OCH3 is 2. The molecule has 0 fully saturated rings. The number of Topliss-reactive ketones (excluding diaryl/α,β-unsaturated/α-hetero) is 2. The molecule has 0 aromatic heterocycles. The van der Waals surface area contributed by atoms with Crippen molar-refractivity contribution >= 4 is 23.5 Å². The molecule has 31 heavy (non-hydrogen) atoms. The number of benzene rings is 2. The van der Waals surface area contributed by atoms with Crippen LogP contribution in [0.4, 0.5) is 0 Å². The fourth-order valence-electron chi connectivity index (χ4n) is 2.18. The smallest absolute Gasteiger partial charge is 0.340 e. The van der Waals surface area contributed by atoms with E-state index in [9.17, 15) is 19.2 Å². The summed E-state index contributed by atoms with van der Waals surface area (Å²) in [5.41, 5.74) is 1.98. The van der Waals surface area contributed by atoms with Crippen LogP contribution < -0.4 is 0 Å². The minimum Gasteiger partial charge on any atom is -0.460 e. The fourth-order valence-corrected chi connectivity index (χ4v) is 2.18. The van der Waals surface area contributed by atoms with Crippen LogP contribution in [0.25, 0.3) is 0 Å². The van der Waals surface area contributed by atoms with E-state index in [4.69, 9.17) is 14.2 Å². The van der Waals surface area contributed by atoms with Crippen LogP contribution in [-0.2, 0) is 18.9 Å². The average Bonchev–Trinajstić information content (AvgIpc) is 2.78. The predicted octanol–water partition coefficient (Wildman–Crippen LogP) is 3.34. The van der Waals surface area contributed by atoms with Crippen molar-refractivity contribution in [3.05, 3.63) is 70.8 Å². The highest BCUT2D eigenvalue weighted by Crippen LogP contribution is 2.07. The van der Waals surface area contributed by atoms with Gasteiger partial charge in [0.15, 0.2) is 18.4 Å². The third-order valence-corrected chi connectivity index (χ3v) is 3.88. The quantitative estimate of drug-likeness (QED) is 0.258. The average molecular weight is 430 g/mol. The Labute approximate surface area is 181 Å². The predicted molar refractivity (Wildman–Crippen MR) is 112 cm³/mol. The zero-order valence-electron chi connectivity index (χ0n) is 18.0. The molecule has 0 aliphatic heterocycles. The molecule has 0 N–H and O–H groups in total. The van der Waals surface area contributed by atoms with Crippen LogP contribution in [0.2, 0.25) is 0 Å². The van der Waals surface area contributed by atoms with Crippen LogP contribution in [0.5, 0.6) is 0 Å². The maximum absolute atomic E-state index is 11.4. The second-order valence-corrected chi connectivity index (χ2v) is 6.23. The van der Waals surface area contributed by atoms with Gasteiger partial charge in [-0.05, 0) is 38.1 Å². The minimum atomic E-state index is -0.466. The molecule has 2 aromatic carbocycles. The van der Waals surface area contributed by atoms with Crippen molar-refractivity contribution in [2.75, 3.05) is 34.2 Å². The van der Waals surface area contributed by atoms with E-state index in [1.54, 1.807) is 48.5 Å². The summed E-state index contributed by atoms with van der Waals surface area (Å²) < 4.78 is 19.0. The van der Waals surface area contributed by atoms with Crippen LogP contribution in [-0.4, -0.2) is 57.7 Å². The number of hydrogen-bond donors (Lipinski definition) is 0. The van der Waals surface area contributed by atoms with Gasteiger partial charge in [0.05, 0.1) is 17.7 Å². The van der Waals surface area contributed by atoms with Crippen molar-refractivity contribution < 1.29 is 38.1 Å². The minimum absolute atomic E-state index is 0.0284. The Bertz CT molecular complexity index is 869. The summed E-state index contributed by atoms with van der Waals surface area (Å²) in [5.74, 6) is -0.940. The topological polar surface area (TPSA) is 105 Å². The number of ketones is 2. The van der Waals surface area contributed by atoms with Crippen molar-refractivity contribution in [3.8, 4) is 0 Å². The van der Waals surface area contributed by atoms with Gasteiger partial charge in [-0.3, -0.25) is 9.59 Å². The van der Waals surface area contributed by atoms with Crippen LogP contribution in [0.1, 0.15) is 55.3 Å². The van der Waals surface area contributed by atoms with Crippen molar-refractivity contribution in [1.29, 1.82) is 0 Å². The molecule has 2 rings (SSSR count). The number of carbonyl (C=O) groups is 4. The Balaban J connectivity index is 0.000000311. The van der Waals surface area contributed by atoms with Crippen LogP contribution in [0.3, 0.4) is 0 Å². The number of carbonyl (C=O) groups excluding carboxylic acids is 4. The molecule has 0 saturated carbocycles. The first kappa shape index (κ1) is 25.7. The van der Waals surface area contributed by atoms with E-state index in [0.29, 0.717) is 28.9 Å². The van der Waals surface area contributed by atoms with Crippen molar-refractivity contribution in [2.24, 2.45) is 0 Å². The van der Waals surface area contributed by atoms with E-state index in [2.05, 4.69) is 4.74 Å². The first-order chi connectivity index (χ1) is 14.8. The summed E-state index contributed by atoms with van der Waals surface area (Å²) in [6.45, 7) is 3.47. The van der Waals surface area contributed by atoms with Gasteiger partial charge >= 0.3 is 11.9 Å². The fraction of sp³-hybridized carbons (Fsp3) is 0.304. The summed E-state index contributed by atoms with van der Waals surface area (Å²) in [7, 11) is 2.97. The molecule has 0 saturated heterocycles. The maximum Gasteiger partial charge on any atom is 0.340 e. The number of hydrogen-bond acceptors (Lipinski definition) is 8. The third-order valence-electron chi connectivity index (χ3n) is 3.88. The Kier molecular flexibility index (Phi) is 11.4. The summed E-state index contributed by atoms with van der Waals surface area (Å²) in [6, 6.07) is 12.6. The van der Waals surface area contributed by atoms with Gasteiger partial charge in [-0.15, -0.1) is 0 Å². The molecule has 0 bridgehead atoms. The first-order valence-corrected chi connectivity index (χ1v) is 9.34. The van der Waals surface area contributed by atoms with Gasteiger partial charge in [-0.2, -0.15) is 0 Å². The summed E-state index contributed by atoms with van der Waals surface area (Å²) in [5, 5.41) is 0. The Morgan fingerprint density at radius 2 is 0.968 bits per heavy atom.